The first-order valence-corrected chi connectivity index (χ1v) is 5.12. The molecule has 0 aromatic carbocycles. The fraction of sp³-hybridized carbons (Fsp3) is 0.667. The van der Waals surface area contributed by atoms with Gasteiger partial charge in [-0.3, -0.25) is 9.36 Å². The molecule has 0 spiro atoms. The molecule has 0 aliphatic rings. The van der Waals surface area contributed by atoms with Crippen LogP contribution in [0.5, 0.6) is 0 Å². The highest BCUT2D eigenvalue weighted by molar-refractivity contribution is 5.34. The molecule has 1 rings (SSSR count). The van der Waals surface area contributed by atoms with Crippen molar-refractivity contribution >= 4 is 5.82 Å². The van der Waals surface area contributed by atoms with E-state index in [4.69, 9.17) is 5.73 Å². The largest absolute Gasteiger partial charge is 0.350 e. The second-order valence-corrected chi connectivity index (χ2v) is 3.46. The number of nitrogens with zero attached hydrogens (tertiary/aromatic N) is 4. The highest BCUT2D eigenvalue weighted by atomic mass is 16.2. The van der Waals surface area contributed by atoms with Gasteiger partial charge < -0.3 is 10.6 Å². The molecule has 2 N–H and O–H groups in total. The molecule has 7 heteroatoms. The van der Waals surface area contributed by atoms with Crippen molar-refractivity contribution in [2.45, 2.75) is 6.92 Å². The zero-order chi connectivity index (χ0) is 12.3. The van der Waals surface area contributed by atoms with E-state index in [1.54, 1.807) is 4.90 Å². The fourth-order valence-corrected chi connectivity index (χ4v) is 1.45. The number of hydrogen-bond donors (Lipinski definition) is 1. The van der Waals surface area contributed by atoms with E-state index in [0.29, 0.717) is 19.6 Å². The number of aryl methyl sites for hydroxylation is 1. The van der Waals surface area contributed by atoms with Crippen LogP contribution >= 0.6 is 0 Å². The Hall–Kier alpha value is -1.63. The van der Waals surface area contributed by atoms with E-state index in [1.165, 1.54) is 14.1 Å². The molecule has 90 valence electrons. The van der Waals surface area contributed by atoms with E-state index in [0.717, 1.165) is 9.25 Å². The predicted octanol–water partition coefficient (Wildman–Crippen LogP) is -1.74. The summed E-state index contributed by atoms with van der Waals surface area (Å²) < 4.78 is 2.19. The van der Waals surface area contributed by atoms with Crippen molar-refractivity contribution in [1.29, 1.82) is 0 Å². The van der Waals surface area contributed by atoms with Crippen LogP contribution in [0.25, 0.3) is 0 Å². The van der Waals surface area contributed by atoms with Crippen molar-refractivity contribution in [3.8, 4) is 0 Å². The van der Waals surface area contributed by atoms with Gasteiger partial charge in [-0.05, 0) is 6.92 Å². The van der Waals surface area contributed by atoms with Crippen molar-refractivity contribution in [1.82, 2.24) is 14.3 Å². The highest BCUT2D eigenvalue weighted by Crippen LogP contribution is 1.99. The third-order valence-electron chi connectivity index (χ3n) is 2.38. The first kappa shape index (κ1) is 12.4. The van der Waals surface area contributed by atoms with E-state index in [1.807, 2.05) is 6.92 Å². The summed E-state index contributed by atoms with van der Waals surface area (Å²) >= 11 is 0. The van der Waals surface area contributed by atoms with Crippen molar-refractivity contribution in [3.05, 3.63) is 20.8 Å². The van der Waals surface area contributed by atoms with Gasteiger partial charge in [0.2, 0.25) is 5.82 Å². The van der Waals surface area contributed by atoms with Gasteiger partial charge in [-0.25, -0.2) is 9.48 Å². The maximum atomic E-state index is 11.8. The summed E-state index contributed by atoms with van der Waals surface area (Å²) in [6.45, 7) is 3.50. The molecule has 1 heterocycles. The Balaban J connectivity index is 3.34. The molecule has 0 bridgehead atoms. The molecule has 0 amide bonds. The monoisotopic (exact) mass is 227 g/mol. The van der Waals surface area contributed by atoms with Crippen LogP contribution in [0.1, 0.15) is 6.92 Å². The molecule has 0 atom stereocenters. The second kappa shape index (κ2) is 4.93. The van der Waals surface area contributed by atoms with Crippen LogP contribution in [0.4, 0.5) is 5.82 Å². The summed E-state index contributed by atoms with van der Waals surface area (Å²) in [5.74, 6) is 0.262. The van der Waals surface area contributed by atoms with Crippen LogP contribution in [-0.2, 0) is 14.1 Å². The summed E-state index contributed by atoms with van der Waals surface area (Å²) in [4.78, 5) is 25.0. The smallest absolute Gasteiger partial charge is 0.346 e. The Bertz CT molecular complexity index is 476. The van der Waals surface area contributed by atoms with Crippen LogP contribution in [0.3, 0.4) is 0 Å². The summed E-state index contributed by atoms with van der Waals surface area (Å²) in [7, 11) is 2.95. The van der Waals surface area contributed by atoms with Gasteiger partial charge in [0.1, 0.15) is 0 Å². The lowest BCUT2D eigenvalue weighted by Gasteiger charge is -2.20. The first-order chi connectivity index (χ1) is 7.52. The zero-order valence-corrected chi connectivity index (χ0v) is 9.80. The lowest BCUT2D eigenvalue weighted by atomic mass is 10.4. The van der Waals surface area contributed by atoms with E-state index in [9.17, 15) is 9.59 Å². The van der Waals surface area contributed by atoms with Crippen LogP contribution < -0.4 is 21.9 Å². The molecule has 0 aliphatic heterocycles. The molecule has 0 saturated carbocycles. The quantitative estimate of drug-likeness (QED) is 0.660. The minimum atomic E-state index is -0.433. The summed E-state index contributed by atoms with van der Waals surface area (Å²) in [5.41, 5.74) is 4.63. The average molecular weight is 227 g/mol. The van der Waals surface area contributed by atoms with Gasteiger partial charge in [-0.15, -0.1) is 5.10 Å². The third kappa shape index (κ3) is 2.13. The Morgan fingerprint density at radius 1 is 1.38 bits per heavy atom. The molecule has 7 nitrogen and oxygen atoms in total. The molecule has 0 unspecified atom stereocenters. The normalized spacial score (nSPS) is 10.5. The van der Waals surface area contributed by atoms with Gasteiger partial charge in [0.05, 0.1) is 0 Å². The number of rotatable bonds is 4. The zero-order valence-electron chi connectivity index (χ0n) is 9.80. The van der Waals surface area contributed by atoms with Gasteiger partial charge in [0.15, 0.2) is 0 Å². The van der Waals surface area contributed by atoms with E-state index >= 15 is 0 Å². The van der Waals surface area contributed by atoms with Gasteiger partial charge in [-0.2, -0.15) is 0 Å². The first-order valence-electron chi connectivity index (χ1n) is 5.12. The molecule has 0 aliphatic carbocycles. The Morgan fingerprint density at radius 2 is 2.00 bits per heavy atom. The minimum Gasteiger partial charge on any atom is -0.350 e. The maximum Gasteiger partial charge on any atom is 0.346 e. The molecule has 0 saturated heterocycles. The maximum absolute atomic E-state index is 11.8. The Morgan fingerprint density at radius 3 is 2.50 bits per heavy atom. The number of aromatic nitrogens is 3. The molecule has 0 radical (unpaired) electrons. The van der Waals surface area contributed by atoms with E-state index in [-0.39, 0.29) is 5.82 Å². The highest BCUT2D eigenvalue weighted by Gasteiger charge is 2.13. The number of nitrogens with two attached hydrogens (primary N) is 1. The third-order valence-corrected chi connectivity index (χ3v) is 2.38. The van der Waals surface area contributed by atoms with Gasteiger partial charge in [-0.1, -0.05) is 0 Å². The van der Waals surface area contributed by atoms with E-state index in [2.05, 4.69) is 5.10 Å². The Kier molecular flexibility index (Phi) is 3.83. The second-order valence-electron chi connectivity index (χ2n) is 3.46. The van der Waals surface area contributed by atoms with Crippen LogP contribution in [0, 0.1) is 0 Å². The van der Waals surface area contributed by atoms with Crippen molar-refractivity contribution in [2.24, 2.45) is 19.8 Å². The van der Waals surface area contributed by atoms with Crippen molar-refractivity contribution in [3.63, 3.8) is 0 Å². The van der Waals surface area contributed by atoms with Gasteiger partial charge in [0, 0.05) is 33.7 Å². The van der Waals surface area contributed by atoms with Gasteiger partial charge in [0.25, 0.3) is 5.56 Å². The van der Waals surface area contributed by atoms with Crippen molar-refractivity contribution in [2.75, 3.05) is 24.5 Å². The molecule has 0 fully saturated rings. The summed E-state index contributed by atoms with van der Waals surface area (Å²) in [6.07, 6.45) is 0. The summed E-state index contributed by atoms with van der Waals surface area (Å²) in [6, 6.07) is 0. The fourth-order valence-electron chi connectivity index (χ4n) is 1.45. The van der Waals surface area contributed by atoms with Crippen LogP contribution in [0.15, 0.2) is 9.59 Å². The lowest BCUT2D eigenvalue weighted by Crippen LogP contribution is -2.44. The van der Waals surface area contributed by atoms with Crippen molar-refractivity contribution < 1.29 is 0 Å². The van der Waals surface area contributed by atoms with E-state index < -0.39 is 11.2 Å². The van der Waals surface area contributed by atoms with Crippen LogP contribution in [-0.4, -0.2) is 34.0 Å². The molecular weight excluding hydrogens is 210 g/mol. The van der Waals surface area contributed by atoms with Gasteiger partial charge >= 0.3 is 5.69 Å². The SMILES string of the molecule is CCN(CCN)c1nn(C)c(=O)n(C)c1=O. The number of likely N-dealkylation sites (N-methyl/N-ethyl adjacent to an activating group) is 1. The Labute approximate surface area is 93.1 Å². The number of anilines is 1. The van der Waals surface area contributed by atoms with Crippen LogP contribution in [0.2, 0.25) is 0 Å². The average Bonchev–Trinajstić information content (AvgIpc) is 2.28. The number of hydrogen-bond acceptors (Lipinski definition) is 5. The topological polar surface area (TPSA) is 86.2 Å². The molecular formula is C9H17N5O2. The molecule has 16 heavy (non-hydrogen) atoms. The lowest BCUT2D eigenvalue weighted by molar-refractivity contribution is 0.589. The summed E-state index contributed by atoms with van der Waals surface area (Å²) in [5, 5.41) is 3.96. The molecule has 1 aromatic rings. The minimum absolute atomic E-state index is 0.262. The molecule has 1 aromatic heterocycles. The standard InChI is InChI=1S/C9H17N5O2/c1-4-14(6-5-10)7-8(15)12(2)9(16)13(3)11-7/h4-6,10H2,1-3H3. The predicted molar refractivity (Wildman–Crippen MR) is 61.7 cm³/mol.